The number of nitrogens with zero attached hydrogens (tertiary/aromatic N) is 5. The van der Waals surface area contributed by atoms with Crippen LogP contribution in [0.2, 0.25) is 0 Å². The number of aromatic amines is 1. The molecule has 7 heteroatoms. The summed E-state index contributed by atoms with van der Waals surface area (Å²) in [6.07, 6.45) is 7.28. The zero-order valence-electron chi connectivity index (χ0n) is 16.9. The fourth-order valence-corrected chi connectivity index (χ4v) is 3.57. The predicted octanol–water partition coefficient (Wildman–Crippen LogP) is 4.43. The molecule has 0 aromatic carbocycles. The third-order valence-electron chi connectivity index (χ3n) is 4.70. The molecule has 0 radical (unpaired) electrons. The van der Waals surface area contributed by atoms with E-state index in [1.165, 1.54) is 5.56 Å². The Labute approximate surface area is 164 Å². The highest BCUT2D eigenvalue weighted by Crippen LogP contribution is 2.36. The Hall–Kier alpha value is -3.22. The van der Waals surface area contributed by atoms with Gasteiger partial charge in [-0.1, -0.05) is 13.8 Å². The molecular weight excluding hydrogens is 350 g/mol. The molecule has 0 fully saturated rings. The minimum absolute atomic E-state index is 0.289. The smallest absolute Gasteiger partial charge is 0.158 e. The lowest BCUT2D eigenvalue weighted by Gasteiger charge is -2.13. The molecule has 144 valence electrons. The van der Waals surface area contributed by atoms with E-state index in [0.717, 1.165) is 39.4 Å². The lowest BCUT2D eigenvalue weighted by Crippen LogP contribution is -2.09. The van der Waals surface area contributed by atoms with E-state index in [4.69, 9.17) is 0 Å². The van der Waals surface area contributed by atoms with Crippen molar-refractivity contribution in [3.8, 4) is 22.5 Å². The topological polar surface area (TPSA) is 83.8 Å². The van der Waals surface area contributed by atoms with Crippen LogP contribution in [0, 0.1) is 6.92 Å². The van der Waals surface area contributed by atoms with Crippen molar-refractivity contribution in [2.24, 2.45) is 0 Å². The highest BCUT2D eigenvalue weighted by atomic mass is 15.3. The maximum absolute atomic E-state index is 4.67. The number of hydrogen-bond donors (Lipinski definition) is 2. The Morgan fingerprint density at radius 2 is 1.89 bits per heavy atom. The first kappa shape index (κ1) is 18.2. The van der Waals surface area contributed by atoms with Gasteiger partial charge in [0.15, 0.2) is 5.65 Å². The standard InChI is InChI=1S/C21H25N7/c1-12(2)18-19(15-7-17(9-22-8-15)25-13(3)4)26-27-20(18)16-6-14(5)21-23-11-24-28(21)10-16/h6-13,25H,1-5H3,(H,26,27). The van der Waals surface area contributed by atoms with Gasteiger partial charge in [0, 0.05) is 41.3 Å². The van der Waals surface area contributed by atoms with E-state index in [-0.39, 0.29) is 5.92 Å². The van der Waals surface area contributed by atoms with E-state index < -0.39 is 0 Å². The molecule has 4 aromatic rings. The monoisotopic (exact) mass is 375 g/mol. The van der Waals surface area contributed by atoms with Gasteiger partial charge in [-0.05, 0) is 44.4 Å². The molecule has 0 aliphatic rings. The Kier molecular flexibility index (Phi) is 4.58. The molecule has 0 aliphatic carbocycles. The second kappa shape index (κ2) is 7.07. The SMILES string of the molecule is Cc1cc(-c2n[nH]c(-c3cncc(NC(C)C)c3)c2C(C)C)cn2ncnc12. The van der Waals surface area contributed by atoms with Crippen molar-refractivity contribution in [3.05, 3.63) is 48.2 Å². The van der Waals surface area contributed by atoms with Crippen LogP contribution in [-0.4, -0.2) is 35.8 Å². The third-order valence-corrected chi connectivity index (χ3v) is 4.70. The average molecular weight is 375 g/mol. The second-order valence-electron chi connectivity index (χ2n) is 7.72. The number of H-pyrrole nitrogens is 1. The van der Waals surface area contributed by atoms with E-state index in [1.54, 1.807) is 10.8 Å². The fraction of sp³-hybridized carbons (Fsp3) is 0.333. The van der Waals surface area contributed by atoms with Crippen LogP contribution in [-0.2, 0) is 0 Å². The molecule has 7 nitrogen and oxygen atoms in total. The Balaban J connectivity index is 1.84. The van der Waals surface area contributed by atoms with Crippen molar-refractivity contribution in [1.29, 1.82) is 0 Å². The van der Waals surface area contributed by atoms with Gasteiger partial charge >= 0.3 is 0 Å². The van der Waals surface area contributed by atoms with Crippen molar-refractivity contribution >= 4 is 11.3 Å². The van der Waals surface area contributed by atoms with Crippen molar-refractivity contribution in [2.75, 3.05) is 5.32 Å². The van der Waals surface area contributed by atoms with Gasteiger partial charge in [-0.3, -0.25) is 10.1 Å². The van der Waals surface area contributed by atoms with Crippen molar-refractivity contribution in [2.45, 2.75) is 46.6 Å². The number of hydrogen-bond acceptors (Lipinski definition) is 5. The second-order valence-corrected chi connectivity index (χ2v) is 7.72. The Morgan fingerprint density at radius 3 is 2.64 bits per heavy atom. The summed E-state index contributed by atoms with van der Waals surface area (Å²) >= 11 is 0. The highest BCUT2D eigenvalue weighted by molar-refractivity contribution is 5.76. The van der Waals surface area contributed by atoms with Crippen LogP contribution in [0.1, 0.15) is 44.7 Å². The molecule has 0 amide bonds. The molecule has 2 N–H and O–H groups in total. The molecule has 4 aromatic heterocycles. The molecule has 0 unspecified atom stereocenters. The first-order valence-electron chi connectivity index (χ1n) is 9.54. The molecular formula is C21H25N7. The first-order valence-corrected chi connectivity index (χ1v) is 9.54. The summed E-state index contributed by atoms with van der Waals surface area (Å²) in [5.41, 5.74) is 8.08. The normalized spacial score (nSPS) is 11.7. The summed E-state index contributed by atoms with van der Waals surface area (Å²) < 4.78 is 1.80. The number of rotatable bonds is 5. The van der Waals surface area contributed by atoms with Crippen LogP contribution in [0.3, 0.4) is 0 Å². The van der Waals surface area contributed by atoms with Crippen molar-refractivity contribution < 1.29 is 0 Å². The number of pyridine rings is 2. The minimum Gasteiger partial charge on any atom is -0.382 e. The van der Waals surface area contributed by atoms with Crippen LogP contribution in [0.25, 0.3) is 28.2 Å². The number of aromatic nitrogens is 6. The predicted molar refractivity (Wildman–Crippen MR) is 111 cm³/mol. The van der Waals surface area contributed by atoms with Crippen LogP contribution in [0.4, 0.5) is 5.69 Å². The quantitative estimate of drug-likeness (QED) is 0.539. The maximum atomic E-state index is 4.67. The van der Waals surface area contributed by atoms with Crippen molar-refractivity contribution in [3.63, 3.8) is 0 Å². The van der Waals surface area contributed by atoms with E-state index in [1.807, 2.05) is 25.5 Å². The fourth-order valence-electron chi connectivity index (χ4n) is 3.57. The van der Waals surface area contributed by atoms with Gasteiger partial charge in [-0.15, -0.1) is 0 Å². The van der Waals surface area contributed by atoms with Gasteiger partial charge in [0.1, 0.15) is 6.33 Å². The molecule has 4 rings (SSSR count). The summed E-state index contributed by atoms with van der Waals surface area (Å²) in [5.74, 6) is 0.289. The van der Waals surface area contributed by atoms with Crippen LogP contribution >= 0.6 is 0 Å². The summed E-state index contributed by atoms with van der Waals surface area (Å²) in [6, 6.07) is 4.57. The lowest BCUT2D eigenvalue weighted by atomic mass is 9.94. The van der Waals surface area contributed by atoms with Gasteiger partial charge in [-0.2, -0.15) is 10.2 Å². The van der Waals surface area contributed by atoms with Crippen LogP contribution in [0.5, 0.6) is 0 Å². The number of anilines is 1. The summed E-state index contributed by atoms with van der Waals surface area (Å²) in [5, 5.41) is 15.6. The molecule has 4 heterocycles. The van der Waals surface area contributed by atoms with Gasteiger partial charge in [0.2, 0.25) is 0 Å². The Bertz CT molecular complexity index is 1120. The Morgan fingerprint density at radius 1 is 1.07 bits per heavy atom. The maximum Gasteiger partial charge on any atom is 0.158 e. The van der Waals surface area contributed by atoms with Crippen LogP contribution in [0.15, 0.2) is 37.1 Å². The summed E-state index contributed by atoms with van der Waals surface area (Å²) in [6.45, 7) is 10.6. The average Bonchev–Trinajstić information content (AvgIpc) is 3.28. The highest BCUT2D eigenvalue weighted by Gasteiger charge is 2.20. The molecule has 0 saturated carbocycles. The minimum atomic E-state index is 0.289. The van der Waals surface area contributed by atoms with Gasteiger partial charge in [0.05, 0.1) is 17.1 Å². The molecule has 0 bridgehead atoms. The van der Waals surface area contributed by atoms with Crippen molar-refractivity contribution in [1.82, 2.24) is 29.8 Å². The lowest BCUT2D eigenvalue weighted by molar-refractivity contribution is 0.870. The van der Waals surface area contributed by atoms with E-state index in [0.29, 0.717) is 6.04 Å². The first-order chi connectivity index (χ1) is 13.4. The molecule has 0 saturated heterocycles. The van der Waals surface area contributed by atoms with E-state index in [9.17, 15) is 0 Å². The zero-order chi connectivity index (χ0) is 19.8. The molecule has 0 aliphatic heterocycles. The number of nitrogens with one attached hydrogen (secondary N) is 2. The van der Waals surface area contributed by atoms with Gasteiger partial charge in [-0.25, -0.2) is 9.50 Å². The summed E-state index contributed by atoms with van der Waals surface area (Å²) in [7, 11) is 0. The van der Waals surface area contributed by atoms with Gasteiger partial charge in [0.25, 0.3) is 0 Å². The third kappa shape index (κ3) is 3.24. The molecule has 0 atom stereocenters. The largest absolute Gasteiger partial charge is 0.382 e. The van der Waals surface area contributed by atoms with Gasteiger partial charge < -0.3 is 5.32 Å². The number of aryl methyl sites for hydroxylation is 1. The van der Waals surface area contributed by atoms with Crippen LogP contribution < -0.4 is 5.32 Å². The number of fused-ring (bicyclic) bond motifs is 1. The zero-order valence-corrected chi connectivity index (χ0v) is 16.9. The van der Waals surface area contributed by atoms with E-state index >= 15 is 0 Å². The summed E-state index contributed by atoms with van der Waals surface area (Å²) in [4.78, 5) is 8.72. The van der Waals surface area contributed by atoms with E-state index in [2.05, 4.69) is 70.4 Å². The molecule has 28 heavy (non-hydrogen) atoms. The molecule has 0 spiro atoms.